The van der Waals surface area contributed by atoms with Crippen LogP contribution in [0.15, 0.2) is 36.5 Å². The molecule has 0 spiro atoms. The highest BCUT2D eigenvalue weighted by Gasteiger charge is 2.15. The van der Waals surface area contributed by atoms with Gasteiger partial charge in [0, 0.05) is 17.1 Å². The van der Waals surface area contributed by atoms with Gasteiger partial charge in [0.1, 0.15) is 11.3 Å². The molecule has 2 aromatic rings. The molecule has 0 saturated heterocycles. The Morgan fingerprint density at radius 3 is 2.85 bits per heavy atom. The Labute approximate surface area is 119 Å². The van der Waals surface area contributed by atoms with Gasteiger partial charge in [-0.3, -0.25) is 4.98 Å². The molecule has 108 valence electrons. The fraction of sp³-hybridized carbons (Fsp3) is 0.438. The van der Waals surface area contributed by atoms with Crippen LogP contribution in [0.3, 0.4) is 0 Å². The minimum absolute atomic E-state index is 0.0150. The maximum atomic E-state index is 9.08. The maximum absolute atomic E-state index is 9.08. The number of aliphatic hydroxyl groups excluding tert-OH is 1. The number of nitrogens with two attached hydrogens (primary N) is 1. The zero-order chi connectivity index (χ0) is 14.4. The van der Waals surface area contributed by atoms with E-state index in [2.05, 4.69) is 4.98 Å². The summed E-state index contributed by atoms with van der Waals surface area (Å²) in [7, 11) is 0. The Morgan fingerprint density at radius 2 is 2.05 bits per heavy atom. The first-order valence-corrected chi connectivity index (χ1v) is 6.99. The maximum Gasteiger partial charge on any atom is 0.145 e. The van der Waals surface area contributed by atoms with Crippen LogP contribution in [0.4, 0.5) is 0 Å². The molecule has 0 aliphatic rings. The van der Waals surface area contributed by atoms with Crippen LogP contribution in [0.1, 0.15) is 26.2 Å². The molecule has 1 unspecified atom stereocenters. The number of hydrogen-bond donors (Lipinski definition) is 2. The molecular formula is C16H22N2O2. The van der Waals surface area contributed by atoms with Gasteiger partial charge in [-0.05, 0) is 38.3 Å². The van der Waals surface area contributed by atoms with E-state index in [1.165, 1.54) is 0 Å². The highest BCUT2D eigenvalue weighted by Crippen LogP contribution is 2.23. The summed E-state index contributed by atoms with van der Waals surface area (Å²) in [6.07, 6.45) is 4.42. The lowest BCUT2D eigenvalue weighted by atomic mass is 9.97. The number of para-hydroxylation sites is 1. The quantitative estimate of drug-likeness (QED) is 0.761. The van der Waals surface area contributed by atoms with E-state index in [0.29, 0.717) is 6.61 Å². The van der Waals surface area contributed by atoms with Crippen LogP contribution in [-0.4, -0.2) is 28.8 Å². The van der Waals surface area contributed by atoms with Gasteiger partial charge in [-0.2, -0.15) is 0 Å². The zero-order valence-corrected chi connectivity index (χ0v) is 11.9. The van der Waals surface area contributed by atoms with Crippen molar-refractivity contribution in [2.45, 2.75) is 31.7 Å². The summed E-state index contributed by atoms with van der Waals surface area (Å²) in [5.41, 5.74) is 6.30. The number of fused-ring (bicyclic) bond motifs is 1. The highest BCUT2D eigenvalue weighted by atomic mass is 16.5. The molecular weight excluding hydrogens is 252 g/mol. The fourth-order valence-corrected chi connectivity index (χ4v) is 2.08. The largest absolute Gasteiger partial charge is 0.491 e. The molecule has 0 amide bonds. The average Bonchev–Trinajstić information content (AvgIpc) is 2.47. The van der Waals surface area contributed by atoms with Crippen LogP contribution in [0.25, 0.3) is 10.9 Å². The van der Waals surface area contributed by atoms with E-state index in [4.69, 9.17) is 15.6 Å². The number of pyridine rings is 1. The third-order valence-electron chi connectivity index (χ3n) is 3.36. The van der Waals surface area contributed by atoms with Gasteiger partial charge in [0.15, 0.2) is 0 Å². The van der Waals surface area contributed by atoms with Gasteiger partial charge in [-0.1, -0.05) is 18.2 Å². The molecule has 4 nitrogen and oxygen atoms in total. The number of ether oxygens (including phenoxy) is 1. The monoisotopic (exact) mass is 274 g/mol. The lowest BCUT2D eigenvalue weighted by Crippen LogP contribution is -2.39. The third-order valence-corrected chi connectivity index (χ3v) is 3.36. The van der Waals surface area contributed by atoms with Crippen LogP contribution in [0.5, 0.6) is 5.75 Å². The first kappa shape index (κ1) is 14.8. The average molecular weight is 274 g/mol. The Balaban J connectivity index is 1.85. The molecule has 0 aliphatic carbocycles. The first-order valence-electron chi connectivity index (χ1n) is 6.99. The molecule has 0 fully saturated rings. The highest BCUT2D eigenvalue weighted by molar-refractivity contribution is 5.84. The van der Waals surface area contributed by atoms with Crippen molar-refractivity contribution in [1.82, 2.24) is 4.98 Å². The van der Waals surface area contributed by atoms with Crippen molar-refractivity contribution in [3.8, 4) is 5.75 Å². The van der Waals surface area contributed by atoms with E-state index < -0.39 is 5.54 Å². The molecule has 1 atom stereocenters. The van der Waals surface area contributed by atoms with E-state index in [1.54, 1.807) is 6.20 Å². The van der Waals surface area contributed by atoms with Crippen LogP contribution in [0.2, 0.25) is 0 Å². The van der Waals surface area contributed by atoms with Crippen molar-refractivity contribution >= 4 is 10.9 Å². The van der Waals surface area contributed by atoms with Crippen molar-refractivity contribution in [2.24, 2.45) is 5.73 Å². The van der Waals surface area contributed by atoms with Crippen LogP contribution in [0, 0.1) is 0 Å². The summed E-state index contributed by atoms with van der Waals surface area (Å²) in [6.45, 7) is 2.51. The predicted octanol–water partition coefficient (Wildman–Crippen LogP) is 2.49. The number of hydrogen-bond acceptors (Lipinski definition) is 4. The van der Waals surface area contributed by atoms with Gasteiger partial charge >= 0.3 is 0 Å². The second-order valence-electron chi connectivity index (χ2n) is 5.45. The normalized spacial score (nSPS) is 14.2. The molecule has 0 radical (unpaired) electrons. The topological polar surface area (TPSA) is 68.4 Å². The van der Waals surface area contributed by atoms with E-state index >= 15 is 0 Å². The molecule has 1 aromatic carbocycles. The SMILES string of the molecule is CC(N)(CO)CCCCOc1cccc2cccnc12. The van der Waals surface area contributed by atoms with Crippen molar-refractivity contribution in [3.63, 3.8) is 0 Å². The lowest BCUT2D eigenvalue weighted by molar-refractivity contribution is 0.194. The summed E-state index contributed by atoms with van der Waals surface area (Å²) in [5.74, 6) is 0.820. The lowest BCUT2D eigenvalue weighted by Gasteiger charge is -2.21. The van der Waals surface area contributed by atoms with Gasteiger partial charge in [0.05, 0.1) is 13.2 Å². The van der Waals surface area contributed by atoms with Gasteiger partial charge in [-0.25, -0.2) is 0 Å². The van der Waals surface area contributed by atoms with Gasteiger partial charge < -0.3 is 15.6 Å². The number of benzene rings is 1. The summed E-state index contributed by atoms with van der Waals surface area (Å²) >= 11 is 0. The molecule has 0 bridgehead atoms. The van der Waals surface area contributed by atoms with Gasteiger partial charge in [-0.15, -0.1) is 0 Å². The Hall–Kier alpha value is -1.65. The summed E-state index contributed by atoms with van der Waals surface area (Å²) < 4.78 is 5.80. The van der Waals surface area contributed by atoms with Gasteiger partial charge in [0.2, 0.25) is 0 Å². The number of nitrogens with zero attached hydrogens (tertiary/aromatic N) is 1. The molecule has 2 rings (SSSR count). The predicted molar refractivity (Wildman–Crippen MR) is 80.8 cm³/mol. The third kappa shape index (κ3) is 3.92. The summed E-state index contributed by atoms with van der Waals surface area (Å²) in [6, 6.07) is 9.88. The molecule has 1 aromatic heterocycles. The Morgan fingerprint density at radius 1 is 1.25 bits per heavy atom. The van der Waals surface area contributed by atoms with Crippen molar-refractivity contribution in [1.29, 1.82) is 0 Å². The molecule has 0 saturated carbocycles. The second kappa shape index (κ2) is 6.68. The Bertz CT molecular complexity index is 550. The molecule has 1 heterocycles. The standard InChI is InChI=1S/C16H22N2O2/c1-16(17,12-19)9-2-3-11-20-14-8-4-6-13-7-5-10-18-15(13)14/h4-8,10,19H,2-3,9,11-12,17H2,1H3. The first-order chi connectivity index (χ1) is 9.62. The minimum atomic E-state index is -0.485. The zero-order valence-electron chi connectivity index (χ0n) is 11.9. The van der Waals surface area contributed by atoms with Crippen molar-refractivity contribution in [3.05, 3.63) is 36.5 Å². The van der Waals surface area contributed by atoms with E-state index in [0.717, 1.165) is 35.9 Å². The number of rotatable bonds is 7. The Kier molecular flexibility index (Phi) is 4.93. The summed E-state index contributed by atoms with van der Waals surface area (Å²) in [4.78, 5) is 4.35. The smallest absolute Gasteiger partial charge is 0.145 e. The van der Waals surface area contributed by atoms with Gasteiger partial charge in [0.25, 0.3) is 0 Å². The van der Waals surface area contributed by atoms with Crippen molar-refractivity contribution in [2.75, 3.05) is 13.2 Å². The fourth-order valence-electron chi connectivity index (χ4n) is 2.08. The summed E-state index contributed by atoms with van der Waals surface area (Å²) in [5, 5.41) is 10.2. The van der Waals surface area contributed by atoms with E-state index in [9.17, 15) is 0 Å². The van der Waals surface area contributed by atoms with Crippen molar-refractivity contribution < 1.29 is 9.84 Å². The molecule has 0 aliphatic heterocycles. The van der Waals surface area contributed by atoms with E-state index in [1.807, 2.05) is 37.3 Å². The number of aliphatic hydroxyl groups is 1. The minimum Gasteiger partial charge on any atom is -0.491 e. The van der Waals surface area contributed by atoms with Crippen LogP contribution >= 0.6 is 0 Å². The van der Waals surface area contributed by atoms with Crippen LogP contribution < -0.4 is 10.5 Å². The molecule has 4 heteroatoms. The number of aromatic nitrogens is 1. The molecule has 20 heavy (non-hydrogen) atoms. The van der Waals surface area contributed by atoms with Crippen LogP contribution in [-0.2, 0) is 0 Å². The van der Waals surface area contributed by atoms with E-state index in [-0.39, 0.29) is 6.61 Å². The molecule has 3 N–H and O–H groups in total. The number of unbranched alkanes of at least 4 members (excludes halogenated alkanes) is 1. The second-order valence-corrected chi connectivity index (χ2v) is 5.45.